The SMILES string of the molecule is C/C=C(\C)C(CCN(C)/N=N\C(C)C(C)C)Nc1ccc(F)c(Cl)c1. The third kappa shape index (κ3) is 7.43. The Hall–Kier alpha value is -1.62. The van der Waals surface area contributed by atoms with Gasteiger partial charge in [-0.05, 0) is 51.3 Å². The van der Waals surface area contributed by atoms with Crippen molar-refractivity contribution < 1.29 is 4.39 Å². The fourth-order valence-corrected chi connectivity index (χ4v) is 2.25. The molecule has 1 N–H and O–H groups in total. The van der Waals surface area contributed by atoms with E-state index in [4.69, 9.17) is 11.6 Å². The van der Waals surface area contributed by atoms with Crippen LogP contribution >= 0.6 is 11.6 Å². The van der Waals surface area contributed by atoms with Crippen LogP contribution < -0.4 is 5.32 Å². The lowest BCUT2D eigenvalue weighted by atomic mass is 10.0. The summed E-state index contributed by atoms with van der Waals surface area (Å²) in [6.07, 6.45) is 2.92. The second-order valence-electron chi connectivity index (χ2n) is 6.72. The van der Waals surface area contributed by atoms with Crippen LogP contribution in [0.25, 0.3) is 0 Å². The largest absolute Gasteiger partial charge is 0.378 e. The predicted octanol–water partition coefficient (Wildman–Crippen LogP) is 5.96. The zero-order valence-electron chi connectivity index (χ0n) is 16.1. The molecule has 1 rings (SSSR count). The van der Waals surface area contributed by atoms with Crippen LogP contribution in [0.1, 0.15) is 41.0 Å². The Labute approximate surface area is 156 Å². The molecule has 0 bridgehead atoms. The van der Waals surface area contributed by atoms with Crippen LogP contribution in [-0.2, 0) is 0 Å². The number of rotatable bonds is 9. The summed E-state index contributed by atoms with van der Waals surface area (Å²) in [4.78, 5) is 0. The Morgan fingerprint density at radius 2 is 2.04 bits per heavy atom. The van der Waals surface area contributed by atoms with Gasteiger partial charge in [0, 0.05) is 25.3 Å². The van der Waals surface area contributed by atoms with Crippen LogP contribution in [0, 0.1) is 11.7 Å². The van der Waals surface area contributed by atoms with E-state index in [9.17, 15) is 4.39 Å². The summed E-state index contributed by atoms with van der Waals surface area (Å²) in [5.74, 6) is 0.0611. The Morgan fingerprint density at radius 3 is 2.60 bits per heavy atom. The summed E-state index contributed by atoms with van der Waals surface area (Å²) in [6, 6.07) is 5.01. The van der Waals surface area contributed by atoms with Crippen molar-refractivity contribution >= 4 is 17.3 Å². The van der Waals surface area contributed by atoms with Gasteiger partial charge >= 0.3 is 0 Å². The molecule has 6 heteroatoms. The lowest BCUT2D eigenvalue weighted by Crippen LogP contribution is -2.26. The molecule has 0 radical (unpaired) electrons. The second-order valence-corrected chi connectivity index (χ2v) is 7.13. The molecule has 0 saturated heterocycles. The molecule has 0 aromatic heterocycles. The van der Waals surface area contributed by atoms with Crippen molar-refractivity contribution in [1.29, 1.82) is 0 Å². The quantitative estimate of drug-likeness (QED) is 0.332. The maximum Gasteiger partial charge on any atom is 0.141 e. The van der Waals surface area contributed by atoms with Crippen LogP contribution in [0.4, 0.5) is 10.1 Å². The zero-order valence-corrected chi connectivity index (χ0v) is 16.8. The molecular formula is C19H30ClFN4. The van der Waals surface area contributed by atoms with Crippen molar-refractivity contribution in [2.45, 2.75) is 53.1 Å². The Balaban J connectivity index is 2.69. The van der Waals surface area contributed by atoms with Gasteiger partial charge in [0.1, 0.15) is 5.82 Å². The number of nitrogens with one attached hydrogen (secondary N) is 1. The highest BCUT2D eigenvalue weighted by molar-refractivity contribution is 6.31. The van der Waals surface area contributed by atoms with Gasteiger partial charge in [-0.3, -0.25) is 5.01 Å². The molecule has 0 amide bonds. The lowest BCUT2D eigenvalue weighted by Gasteiger charge is -2.23. The maximum absolute atomic E-state index is 13.3. The Kier molecular flexibility index (Phi) is 8.90. The standard InChI is InChI=1S/C19H30ClFN4/c1-7-14(4)19(22-16-8-9-18(21)17(20)12-16)10-11-25(6)24-23-15(5)13(2)3/h7-9,12-13,15,19,22H,10-11H2,1-6H3/b14-7+,24-23-. The summed E-state index contributed by atoms with van der Waals surface area (Å²) in [6.45, 7) is 11.2. The third-order valence-corrected chi connectivity index (χ3v) is 4.65. The highest BCUT2D eigenvalue weighted by Crippen LogP contribution is 2.22. The first kappa shape index (κ1) is 21.4. The molecule has 1 aromatic carbocycles. The summed E-state index contributed by atoms with van der Waals surface area (Å²) < 4.78 is 13.3. The summed E-state index contributed by atoms with van der Waals surface area (Å²) in [7, 11) is 1.92. The van der Waals surface area contributed by atoms with Gasteiger partial charge in [0.2, 0.25) is 0 Å². The van der Waals surface area contributed by atoms with Crippen molar-refractivity contribution in [2.75, 3.05) is 18.9 Å². The highest BCUT2D eigenvalue weighted by Gasteiger charge is 2.13. The molecule has 0 aliphatic heterocycles. The normalized spacial score (nSPS) is 14.8. The fraction of sp³-hybridized carbons (Fsp3) is 0.579. The van der Waals surface area contributed by atoms with E-state index < -0.39 is 5.82 Å². The topological polar surface area (TPSA) is 40.0 Å². The van der Waals surface area contributed by atoms with Crippen LogP contribution in [-0.4, -0.2) is 30.7 Å². The van der Waals surface area contributed by atoms with Gasteiger partial charge in [-0.1, -0.05) is 42.3 Å². The van der Waals surface area contributed by atoms with E-state index in [0.29, 0.717) is 5.92 Å². The number of benzene rings is 1. The van der Waals surface area contributed by atoms with Crippen molar-refractivity contribution in [1.82, 2.24) is 5.01 Å². The van der Waals surface area contributed by atoms with E-state index >= 15 is 0 Å². The minimum Gasteiger partial charge on any atom is -0.378 e. The third-order valence-electron chi connectivity index (χ3n) is 4.36. The fourth-order valence-electron chi connectivity index (χ4n) is 2.07. The molecule has 0 aliphatic rings. The average Bonchev–Trinajstić information content (AvgIpc) is 2.58. The summed E-state index contributed by atoms with van der Waals surface area (Å²) in [5, 5.41) is 14.0. The zero-order chi connectivity index (χ0) is 19.0. The first-order valence-corrected chi connectivity index (χ1v) is 9.08. The van der Waals surface area contributed by atoms with E-state index in [2.05, 4.69) is 49.4 Å². The van der Waals surface area contributed by atoms with Gasteiger partial charge in [-0.15, -0.1) is 0 Å². The summed E-state index contributed by atoms with van der Waals surface area (Å²) in [5.41, 5.74) is 2.01. The van der Waals surface area contributed by atoms with E-state index in [0.717, 1.165) is 18.7 Å². The van der Waals surface area contributed by atoms with Crippen molar-refractivity contribution in [3.05, 3.63) is 40.7 Å². The van der Waals surface area contributed by atoms with Gasteiger partial charge < -0.3 is 5.32 Å². The van der Waals surface area contributed by atoms with Crippen LogP contribution in [0.15, 0.2) is 40.2 Å². The van der Waals surface area contributed by atoms with Crippen LogP contribution in [0.3, 0.4) is 0 Å². The highest BCUT2D eigenvalue weighted by atomic mass is 35.5. The van der Waals surface area contributed by atoms with Gasteiger partial charge in [-0.2, -0.15) is 5.11 Å². The van der Waals surface area contributed by atoms with E-state index in [1.165, 1.54) is 11.6 Å². The number of nitrogens with zero attached hydrogens (tertiary/aromatic N) is 3. The molecule has 25 heavy (non-hydrogen) atoms. The van der Waals surface area contributed by atoms with E-state index in [-0.39, 0.29) is 17.1 Å². The smallest absolute Gasteiger partial charge is 0.141 e. The summed E-state index contributed by atoms with van der Waals surface area (Å²) >= 11 is 5.87. The number of halogens is 2. The molecular weight excluding hydrogens is 339 g/mol. The molecule has 0 spiro atoms. The molecule has 140 valence electrons. The molecule has 4 nitrogen and oxygen atoms in total. The van der Waals surface area contributed by atoms with Gasteiger partial charge in [0.15, 0.2) is 0 Å². The predicted molar refractivity (Wildman–Crippen MR) is 105 cm³/mol. The molecule has 0 heterocycles. The first-order chi connectivity index (χ1) is 11.7. The van der Waals surface area contributed by atoms with Crippen LogP contribution in [0.5, 0.6) is 0 Å². The average molecular weight is 369 g/mol. The Bertz CT molecular complexity index is 601. The molecule has 2 atom stereocenters. The van der Waals surface area contributed by atoms with Gasteiger partial charge in [0.05, 0.1) is 11.1 Å². The number of hydrogen-bond acceptors (Lipinski definition) is 3. The van der Waals surface area contributed by atoms with E-state index in [1.807, 2.05) is 19.0 Å². The molecule has 0 fully saturated rings. The maximum atomic E-state index is 13.3. The number of hydrogen-bond donors (Lipinski definition) is 1. The molecule has 2 unspecified atom stereocenters. The first-order valence-electron chi connectivity index (χ1n) is 8.70. The van der Waals surface area contributed by atoms with Gasteiger partial charge in [-0.25, -0.2) is 4.39 Å². The minimum atomic E-state index is -0.411. The monoisotopic (exact) mass is 368 g/mol. The molecule has 1 aromatic rings. The number of anilines is 1. The molecule has 0 aliphatic carbocycles. The van der Waals surface area contributed by atoms with E-state index in [1.54, 1.807) is 12.1 Å². The van der Waals surface area contributed by atoms with Crippen LogP contribution in [0.2, 0.25) is 5.02 Å². The second kappa shape index (κ2) is 10.4. The Morgan fingerprint density at radius 1 is 1.36 bits per heavy atom. The lowest BCUT2D eigenvalue weighted by molar-refractivity contribution is 0.304. The molecule has 0 saturated carbocycles. The van der Waals surface area contributed by atoms with Crippen molar-refractivity contribution in [3.8, 4) is 0 Å². The number of allylic oxidation sites excluding steroid dienone is 1. The minimum absolute atomic E-state index is 0.117. The van der Waals surface area contributed by atoms with Gasteiger partial charge in [0.25, 0.3) is 0 Å². The van der Waals surface area contributed by atoms with Crippen molar-refractivity contribution in [3.63, 3.8) is 0 Å². The van der Waals surface area contributed by atoms with Crippen molar-refractivity contribution in [2.24, 2.45) is 16.3 Å².